The molecule has 0 spiro atoms. The summed E-state index contributed by atoms with van der Waals surface area (Å²) in [7, 11) is 0. The first-order valence-electron chi connectivity index (χ1n) is 11.5. The number of ether oxygens (including phenoxy) is 2. The summed E-state index contributed by atoms with van der Waals surface area (Å²) in [5.41, 5.74) is 3.39. The highest BCUT2D eigenvalue weighted by Crippen LogP contribution is 2.30. The lowest BCUT2D eigenvalue weighted by molar-refractivity contribution is 0.420. The number of anilines is 2. The fourth-order valence-corrected chi connectivity index (χ4v) is 4.03. The molecule has 5 rings (SSSR count). The standard InChI is InChI=1S/C26H22Cl2N8O2/c1-15(2)35-13-17-7-5-8-18(11-17)14-36(16(3)4)24-30-22(28)32-26(34-24)38-20-10-6-9-19(12-20)37-25-31-21(27)29-23(35)33-25/h5-12H,1,3,13-14H2,2,4H3. The number of hydrogen-bond donors (Lipinski definition) is 0. The molecule has 0 amide bonds. The zero-order chi connectivity index (χ0) is 26.8. The molecule has 0 fully saturated rings. The minimum atomic E-state index is -0.0173. The van der Waals surface area contributed by atoms with Gasteiger partial charge in [-0.3, -0.25) is 0 Å². The van der Waals surface area contributed by atoms with Crippen LogP contribution in [0.5, 0.6) is 23.5 Å². The molecule has 3 heterocycles. The molecule has 1 aliphatic heterocycles. The molecule has 1 aliphatic rings. The van der Waals surface area contributed by atoms with Crippen molar-refractivity contribution < 1.29 is 9.47 Å². The van der Waals surface area contributed by atoms with Crippen molar-refractivity contribution >= 4 is 35.1 Å². The highest BCUT2D eigenvalue weighted by Gasteiger charge is 2.19. The van der Waals surface area contributed by atoms with Gasteiger partial charge < -0.3 is 19.3 Å². The van der Waals surface area contributed by atoms with Gasteiger partial charge in [-0.2, -0.15) is 29.9 Å². The van der Waals surface area contributed by atoms with Gasteiger partial charge in [0.15, 0.2) is 0 Å². The van der Waals surface area contributed by atoms with E-state index in [1.54, 1.807) is 24.3 Å². The molecule has 0 aliphatic carbocycles. The molecule has 2 aromatic carbocycles. The Morgan fingerprint density at radius 1 is 0.684 bits per heavy atom. The van der Waals surface area contributed by atoms with E-state index in [9.17, 15) is 0 Å². The smallest absolute Gasteiger partial charge is 0.328 e. The normalized spacial score (nSPS) is 13.1. The van der Waals surface area contributed by atoms with Gasteiger partial charge >= 0.3 is 12.0 Å². The van der Waals surface area contributed by atoms with Crippen molar-refractivity contribution in [3.63, 3.8) is 0 Å². The molecule has 12 heteroatoms. The topological polar surface area (TPSA) is 102 Å². The fraction of sp³-hybridized carbons (Fsp3) is 0.154. The van der Waals surface area contributed by atoms with Gasteiger partial charge in [-0.25, -0.2) is 0 Å². The van der Waals surface area contributed by atoms with E-state index < -0.39 is 0 Å². The molecule has 4 aromatic rings. The van der Waals surface area contributed by atoms with E-state index in [0.717, 1.165) is 11.1 Å². The van der Waals surface area contributed by atoms with Crippen LogP contribution in [0.2, 0.25) is 10.6 Å². The van der Waals surface area contributed by atoms with Gasteiger partial charge in [0.25, 0.3) is 0 Å². The SMILES string of the molecule is C=C(C)N1Cc2cccc(c2)CN(C(=C)C)c2nc(Cl)nc(n2)Oc2cccc(c2)Oc2nc(Cl)nc1n2. The average molecular weight is 549 g/mol. The first-order valence-corrected chi connectivity index (χ1v) is 12.2. The molecule has 0 N–H and O–H groups in total. The molecule has 0 radical (unpaired) electrons. The van der Waals surface area contributed by atoms with Crippen LogP contribution in [0.1, 0.15) is 25.0 Å². The lowest BCUT2D eigenvalue weighted by Crippen LogP contribution is -2.24. The third kappa shape index (κ3) is 5.82. The molecule has 192 valence electrons. The molecule has 8 bridgehead atoms. The summed E-state index contributed by atoms with van der Waals surface area (Å²) in [6.07, 6.45) is 0. The number of aromatic nitrogens is 6. The maximum absolute atomic E-state index is 6.25. The third-order valence-electron chi connectivity index (χ3n) is 5.45. The first kappa shape index (κ1) is 25.4. The van der Waals surface area contributed by atoms with Crippen LogP contribution in [-0.2, 0) is 13.1 Å². The molecule has 0 saturated carbocycles. The number of halogens is 2. The van der Waals surface area contributed by atoms with Gasteiger partial charge in [0.1, 0.15) is 11.5 Å². The second kappa shape index (κ2) is 10.6. The number of nitrogens with zero attached hydrogens (tertiary/aromatic N) is 8. The number of allylic oxidation sites excluding steroid dienone is 2. The Bertz CT molecular complexity index is 1440. The average Bonchev–Trinajstić information content (AvgIpc) is 2.85. The summed E-state index contributed by atoms with van der Waals surface area (Å²) in [5, 5.41) is -0.0347. The Morgan fingerprint density at radius 2 is 1.13 bits per heavy atom. The van der Waals surface area contributed by atoms with Crippen LogP contribution in [0.25, 0.3) is 0 Å². The summed E-state index contributed by atoms with van der Waals surface area (Å²) in [4.78, 5) is 29.5. The molecule has 2 aromatic heterocycles. The van der Waals surface area contributed by atoms with Crippen molar-refractivity contribution in [2.24, 2.45) is 0 Å². The molecule has 10 nitrogen and oxygen atoms in total. The minimum absolute atomic E-state index is 0.0147. The van der Waals surface area contributed by atoms with E-state index in [1.165, 1.54) is 0 Å². The van der Waals surface area contributed by atoms with Crippen LogP contribution in [0.3, 0.4) is 0 Å². The monoisotopic (exact) mass is 548 g/mol. The molecular weight excluding hydrogens is 527 g/mol. The summed E-state index contributed by atoms with van der Waals surface area (Å²) in [6.45, 7) is 12.8. The Hall–Kier alpha value is -4.28. The lowest BCUT2D eigenvalue weighted by atomic mass is 10.1. The largest absolute Gasteiger partial charge is 0.424 e. The molecular formula is C26H22Cl2N8O2. The summed E-state index contributed by atoms with van der Waals surface area (Å²) < 4.78 is 11.8. The quantitative estimate of drug-likeness (QED) is 0.281. The number of hydrogen-bond acceptors (Lipinski definition) is 10. The van der Waals surface area contributed by atoms with Gasteiger partial charge in [0.2, 0.25) is 22.5 Å². The second-order valence-corrected chi connectivity index (χ2v) is 9.19. The molecule has 0 saturated heterocycles. The van der Waals surface area contributed by atoms with Crippen LogP contribution >= 0.6 is 23.2 Å². The first-order chi connectivity index (χ1) is 18.2. The Kier molecular flexibility index (Phi) is 7.08. The van der Waals surface area contributed by atoms with E-state index in [1.807, 2.05) is 41.8 Å². The van der Waals surface area contributed by atoms with Crippen LogP contribution in [-0.4, -0.2) is 29.9 Å². The highest BCUT2D eigenvalue weighted by atomic mass is 35.5. The van der Waals surface area contributed by atoms with Crippen molar-refractivity contribution in [3.8, 4) is 23.5 Å². The van der Waals surface area contributed by atoms with E-state index in [4.69, 9.17) is 32.7 Å². The summed E-state index contributed by atoms with van der Waals surface area (Å²) in [5.74, 6) is 1.40. The van der Waals surface area contributed by atoms with Gasteiger partial charge in [-0.05, 0) is 60.3 Å². The van der Waals surface area contributed by atoms with Gasteiger partial charge in [-0.1, -0.05) is 43.5 Å². The zero-order valence-electron chi connectivity index (χ0n) is 20.6. The van der Waals surface area contributed by atoms with E-state index >= 15 is 0 Å². The Balaban J connectivity index is 1.65. The fourth-order valence-electron chi connectivity index (χ4n) is 3.73. The molecule has 38 heavy (non-hydrogen) atoms. The molecule has 0 unspecified atom stereocenters. The lowest BCUT2D eigenvalue weighted by Gasteiger charge is -2.25. The van der Waals surface area contributed by atoms with Gasteiger partial charge in [0, 0.05) is 17.5 Å². The maximum atomic E-state index is 6.25. The zero-order valence-corrected chi connectivity index (χ0v) is 22.1. The van der Waals surface area contributed by atoms with E-state index in [0.29, 0.717) is 47.9 Å². The second-order valence-electron chi connectivity index (χ2n) is 8.52. The maximum Gasteiger partial charge on any atom is 0.328 e. The summed E-state index contributed by atoms with van der Waals surface area (Å²) in [6, 6.07) is 14.9. The molecule has 0 atom stereocenters. The van der Waals surface area contributed by atoms with Crippen LogP contribution in [0.15, 0.2) is 73.1 Å². The minimum Gasteiger partial charge on any atom is -0.424 e. The van der Waals surface area contributed by atoms with E-state index in [-0.39, 0.29) is 22.6 Å². The number of rotatable bonds is 2. The van der Waals surface area contributed by atoms with Crippen LogP contribution in [0, 0.1) is 0 Å². The third-order valence-corrected chi connectivity index (χ3v) is 5.79. The van der Waals surface area contributed by atoms with Crippen LogP contribution < -0.4 is 19.3 Å². The predicted octanol–water partition coefficient (Wildman–Crippen LogP) is 6.34. The Labute approximate surface area is 229 Å². The predicted molar refractivity (Wildman–Crippen MR) is 145 cm³/mol. The van der Waals surface area contributed by atoms with Crippen molar-refractivity contribution in [2.45, 2.75) is 26.9 Å². The van der Waals surface area contributed by atoms with Crippen molar-refractivity contribution in [1.82, 2.24) is 29.9 Å². The van der Waals surface area contributed by atoms with Gasteiger partial charge in [0.05, 0.1) is 13.1 Å². The van der Waals surface area contributed by atoms with Gasteiger partial charge in [-0.15, -0.1) is 0 Å². The van der Waals surface area contributed by atoms with Crippen molar-refractivity contribution in [1.29, 1.82) is 0 Å². The van der Waals surface area contributed by atoms with Crippen LogP contribution in [0.4, 0.5) is 11.9 Å². The van der Waals surface area contributed by atoms with E-state index in [2.05, 4.69) is 49.1 Å². The number of benzene rings is 2. The summed E-state index contributed by atoms with van der Waals surface area (Å²) >= 11 is 12.5. The number of fused-ring (bicyclic) bond motifs is 8. The van der Waals surface area contributed by atoms with Crippen molar-refractivity contribution in [2.75, 3.05) is 9.80 Å². The van der Waals surface area contributed by atoms with Crippen molar-refractivity contribution in [3.05, 3.63) is 94.8 Å². The highest BCUT2D eigenvalue weighted by molar-refractivity contribution is 6.28. The Morgan fingerprint density at radius 3 is 1.58 bits per heavy atom.